The van der Waals surface area contributed by atoms with Crippen molar-refractivity contribution in [2.24, 2.45) is 5.92 Å². The maximum absolute atomic E-state index is 13.1. The van der Waals surface area contributed by atoms with Crippen LogP contribution in [0.1, 0.15) is 30.9 Å². The Labute approximate surface area is 140 Å². The molecular formula is C18H23F3N2O. The van der Waals surface area contributed by atoms with Gasteiger partial charge >= 0.3 is 6.18 Å². The third-order valence-electron chi connectivity index (χ3n) is 4.32. The minimum atomic E-state index is -4.43. The number of allylic oxidation sites excluding steroid dienone is 1. The number of hydrogen-bond acceptors (Lipinski definition) is 2. The zero-order chi connectivity index (χ0) is 17.7. The number of hydrogen-bond donors (Lipinski definition) is 1. The van der Waals surface area contributed by atoms with Crippen LogP contribution in [0.4, 0.5) is 13.2 Å². The second-order valence-corrected chi connectivity index (χ2v) is 6.22. The van der Waals surface area contributed by atoms with Crippen molar-refractivity contribution in [2.75, 3.05) is 26.7 Å². The average molecular weight is 340 g/mol. The molecule has 1 N–H and O–H groups in total. The normalized spacial score (nSPS) is 19.5. The highest BCUT2D eigenvalue weighted by atomic mass is 19.4. The molecule has 2 rings (SSSR count). The predicted octanol–water partition coefficient (Wildman–Crippen LogP) is 3.57. The number of nitrogens with zero attached hydrogens (tertiary/aromatic N) is 1. The number of benzene rings is 1. The number of amides is 1. The highest BCUT2D eigenvalue weighted by Gasteiger charge is 2.33. The van der Waals surface area contributed by atoms with Gasteiger partial charge in [0.2, 0.25) is 5.91 Å². The Morgan fingerprint density at radius 3 is 2.75 bits per heavy atom. The van der Waals surface area contributed by atoms with E-state index in [9.17, 15) is 18.0 Å². The van der Waals surface area contributed by atoms with Crippen molar-refractivity contribution < 1.29 is 18.0 Å². The molecule has 1 amide bonds. The first-order valence-corrected chi connectivity index (χ1v) is 8.11. The molecule has 24 heavy (non-hydrogen) atoms. The SMILES string of the molecule is CNCC1CCCN(C(=O)C=C(C)c2ccccc2C(F)(F)F)C1. The van der Waals surface area contributed by atoms with Crippen molar-refractivity contribution in [3.8, 4) is 0 Å². The lowest BCUT2D eigenvalue weighted by atomic mass is 9.97. The van der Waals surface area contributed by atoms with Crippen molar-refractivity contribution in [3.05, 3.63) is 41.5 Å². The van der Waals surface area contributed by atoms with E-state index < -0.39 is 11.7 Å². The van der Waals surface area contributed by atoms with E-state index in [1.165, 1.54) is 18.2 Å². The Balaban J connectivity index is 2.17. The molecule has 1 aliphatic heterocycles. The monoisotopic (exact) mass is 340 g/mol. The molecule has 1 fully saturated rings. The highest BCUT2D eigenvalue weighted by molar-refractivity contribution is 5.95. The lowest BCUT2D eigenvalue weighted by Crippen LogP contribution is -2.41. The summed E-state index contributed by atoms with van der Waals surface area (Å²) < 4.78 is 39.3. The van der Waals surface area contributed by atoms with Crippen LogP contribution in [-0.4, -0.2) is 37.5 Å². The molecule has 1 saturated heterocycles. The van der Waals surface area contributed by atoms with Crippen LogP contribution >= 0.6 is 0 Å². The van der Waals surface area contributed by atoms with Gasteiger partial charge in [0.1, 0.15) is 0 Å². The topological polar surface area (TPSA) is 32.3 Å². The summed E-state index contributed by atoms with van der Waals surface area (Å²) in [5.74, 6) is 0.175. The van der Waals surface area contributed by atoms with Gasteiger partial charge < -0.3 is 10.2 Å². The molecule has 1 aromatic carbocycles. The molecule has 1 aliphatic rings. The highest BCUT2D eigenvalue weighted by Crippen LogP contribution is 2.34. The molecule has 6 heteroatoms. The molecule has 0 aromatic heterocycles. The van der Waals surface area contributed by atoms with Gasteiger partial charge in [0.25, 0.3) is 0 Å². The number of nitrogens with one attached hydrogen (secondary N) is 1. The molecular weight excluding hydrogens is 317 g/mol. The summed E-state index contributed by atoms with van der Waals surface area (Å²) in [7, 11) is 1.87. The van der Waals surface area contributed by atoms with Crippen LogP contribution < -0.4 is 5.32 Å². The zero-order valence-corrected chi connectivity index (χ0v) is 14.0. The smallest absolute Gasteiger partial charge is 0.339 e. The van der Waals surface area contributed by atoms with Crippen molar-refractivity contribution >= 4 is 11.5 Å². The quantitative estimate of drug-likeness (QED) is 0.850. The van der Waals surface area contributed by atoms with Gasteiger partial charge in [-0.1, -0.05) is 18.2 Å². The number of rotatable bonds is 4. The first-order valence-electron chi connectivity index (χ1n) is 8.11. The van der Waals surface area contributed by atoms with E-state index in [-0.39, 0.29) is 11.5 Å². The molecule has 1 atom stereocenters. The molecule has 132 valence electrons. The minimum Gasteiger partial charge on any atom is -0.339 e. The number of carbonyl (C=O) groups is 1. The third kappa shape index (κ3) is 4.60. The molecule has 0 aliphatic carbocycles. The van der Waals surface area contributed by atoms with Gasteiger partial charge in [-0.05, 0) is 56.5 Å². The maximum Gasteiger partial charge on any atom is 0.416 e. The van der Waals surface area contributed by atoms with Crippen molar-refractivity contribution in [1.29, 1.82) is 0 Å². The maximum atomic E-state index is 13.1. The molecule has 0 spiro atoms. The Morgan fingerprint density at radius 1 is 1.38 bits per heavy atom. The van der Waals surface area contributed by atoms with Crippen LogP contribution in [0.5, 0.6) is 0 Å². The lowest BCUT2D eigenvalue weighted by molar-refractivity contribution is -0.137. The second-order valence-electron chi connectivity index (χ2n) is 6.22. The average Bonchev–Trinajstić information content (AvgIpc) is 2.54. The van der Waals surface area contributed by atoms with E-state index in [1.54, 1.807) is 17.9 Å². The zero-order valence-electron chi connectivity index (χ0n) is 14.0. The molecule has 1 unspecified atom stereocenters. The fourth-order valence-corrected chi connectivity index (χ4v) is 3.15. The Morgan fingerprint density at radius 2 is 2.08 bits per heavy atom. The van der Waals surface area contributed by atoms with Gasteiger partial charge in [-0.2, -0.15) is 13.2 Å². The number of likely N-dealkylation sites (tertiary alicyclic amines) is 1. The van der Waals surface area contributed by atoms with Crippen molar-refractivity contribution in [3.63, 3.8) is 0 Å². The molecule has 0 bridgehead atoms. The largest absolute Gasteiger partial charge is 0.416 e. The molecule has 3 nitrogen and oxygen atoms in total. The minimum absolute atomic E-state index is 0.0575. The van der Waals surface area contributed by atoms with E-state index in [1.807, 2.05) is 7.05 Å². The van der Waals surface area contributed by atoms with E-state index in [2.05, 4.69) is 5.32 Å². The molecule has 0 saturated carbocycles. The fraction of sp³-hybridized carbons (Fsp3) is 0.500. The van der Waals surface area contributed by atoms with E-state index >= 15 is 0 Å². The number of alkyl halides is 3. The van der Waals surface area contributed by atoms with Gasteiger partial charge in [-0.15, -0.1) is 0 Å². The number of piperidine rings is 1. The fourth-order valence-electron chi connectivity index (χ4n) is 3.15. The summed E-state index contributed by atoms with van der Waals surface area (Å²) >= 11 is 0. The Hall–Kier alpha value is -1.82. The Bertz CT molecular complexity index is 609. The first kappa shape index (κ1) is 18.5. The predicted molar refractivity (Wildman–Crippen MR) is 88.3 cm³/mol. The summed E-state index contributed by atoms with van der Waals surface area (Å²) in [5.41, 5.74) is -0.316. The third-order valence-corrected chi connectivity index (χ3v) is 4.32. The summed E-state index contributed by atoms with van der Waals surface area (Å²) in [4.78, 5) is 14.2. The van der Waals surface area contributed by atoms with E-state index in [0.29, 0.717) is 24.6 Å². The summed E-state index contributed by atoms with van der Waals surface area (Å²) in [6, 6.07) is 5.35. The van der Waals surface area contributed by atoms with Crippen LogP contribution in [0.15, 0.2) is 30.3 Å². The second kappa shape index (κ2) is 7.83. The van der Waals surface area contributed by atoms with E-state index in [4.69, 9.17) is 0 Å². The van der Waals surface area contributed by atoms with Crippen LogP contribution in [0, 0.1) is 5.92 Å². The Kier molecular flexibility index (Phi) is 6.04. The summed E-state index contributed by atoms with van der Waals surface area (Å²) in [6.07, 6.45) is -1.13. The number of carbonyl (C=O) groups excluding carboxylic acids is 1. The van der Waals surface area contributed by atoms with Gasteiger partial charge in [0, 0.05) is 19.2 Å². The van der Waals surface area contributed by atoms with Crippen molar-refractivity contribution in [1.82, 2.24) is 10.2 Å². The molecule has 0 radical (unpaired) electrons. The first-order chi connectivity index (χ1) is 11.3. The molecule has 1 heterocycles. The van der Waals surface area contributed by atoms with Crippen LogP contribution in [0.25, 0.3) is 5.57 Å². The molecule has 1 aromatic rings. The van der Waals surface area contributed by atoms with Gasteiger partial charge in [0.15, 0.2) is 0 Å². The van der Waals surface area contributed by atoms with E-state index in [0.717, 1.165) is 25.5 Å². The summed E-state index contributed by atoms with van der Waals surface area (Å²) in [6.45, 7) is 3.69. The van der Waals surface area contributed by atoms with Gasteiger partial charge in [0.05, 0.1) is 5.56 Å². The van der Waals surface area contributed by atoms with Gasteiger partial charge in [-0.25, -0.2) is 0 Å². The summed E-state index contributed by atoms with van der Waals surface area (Å²) in [5, 5.41) is 3.11. The van der Waals surface area contributed by atoms with Crippen LogP contribution in [-0.2, 0) is 11.0 Å². The van der Waals surface area contributed by atoms with Crippen molar-refractivity contribution in [2.45, 2.75) is 25.9 Å². The number of halogens is 3. The van der Waals surface area contributed by atoms with Crippen LogP contribution in [0.2, 0.25) is 0 Å². The van der Waals surface area contributed by atoms with Crippen LogP contribution in [0.3, 0.4) is 0 Å². The standard InChI is InChI=1S/C18H23F3N2O/c1-13(15-7-3-4-8-16(15)18(19,20)21)10-17(24)23-9-5-6-14(12-23)11-22-2/h3-4,7-8,10,14,22H,5-6,9,11-12H2,1-2H3. The van der Waals surface area contributed by atoms with Gasteiger partial charge in [-0.3, -0.25) is 4.79 Å². The lowest BCUT2D eigenvalue weighted by Gasteiger charge is -2.32.